The van der Waals surface area contributed by atoms with Gasteiger partial charge < -0.3 is 14.8 Å². The molecule has 0 radical (unpaired) electrons. The van der Waals surface area contributed by atoms with Crippen LogP contribution in [0.3, 0.4) is 0 Å². The third-order valence-corrected chi connectivity index (χ3v) is 5.13. The molecule has 7 heteroatoms. The number of thioether (sulfide) groups is 1. The van der Waals surface area contributed by atoms with Gasteiger partial charge in [-0.3, -0.25) is 0 Å². The number of ether oxygens (including phenoxy) is 2. The standard InChI is InChI=1S/C21H22N4O2S/c1-4-26-17-11-10-14(12-13(17)3)19-22-16-9-7-6-8-15(16)18-20(27-19)23-21(25-24-18)28-5-2/h6-12,19,22H,4-5H2,1-3H3/t19-/m0/s1. The molecule has 0 unspecified atom stereocenters. The molecule has 0 fully saturated rings. The van der Waals surface area contributed by atoms with Crippen molar-refractivity contribution in [2.24, 2.45) is 0 Å². The summed E-state index contributed by atoms with van der Waals surface area (Å²) < 4.78 is 12.0. The van der Waals surface area contributed by atoms with E-state index in [0.717, 1.165) is 33.9 Å². The lowest BCUT2D eigenvalue weighted by atomic mass is 10.1. The zero-order valence-corrected chi connectivity index (χ0v) is 16.9. The highest BCUT2D eigenvalue weighted by Gasteiger charge is 2.26. The van der Waals surface area contributed by atoms with Gasteiger partial charge in [-0.2, -0.15) is 4.98 Å². The maximum absolute atomic E-state index is 6.29. The smallest absolute Gasteiger partial charge is 0.247 e. The molecule has 0 spiro atoms. The van der Waals surface area contributed by atoms with Gasteiger partial charge in [-0.1, -0.05) is 36.9 Å². The monoisotopic (exact) mass is 394 g/mol. The number of aryl methyl sites for hydroxylation is 1. The Hall–Kier alpha value is -2.80. The summed E-state index contributed by atoms with van der Waals surface area (Å²) in [5.74, 6) is 2.24. The first-order valence-electron chi connectivity index (χ1n) is 9.33. The molecule has 3 aromatic rings. The fourth-order valence-electron chi connectivity index (χ4n) is 3.14. The van der Waals surface area contributed by atoms with Gasteiger partial charge in [-0.15, -0.1) is 10.2 Å². The van der Waals surface area contributed by atoms with Crippen LogP contribution in [0.4, 0.5) is 5.69 Å². The maximum atomic E-state index is 6.29. The number of para-hydroxylation sites is 1. The summed E-state index contributed by atoms with van der Waals surface area (Å²) >= 11 is 1.54. The van der Waals surface area contributed by atoms with Gasteiger partial charge in [-0.25, -0.2) is 0 Å². The molecule has 1 atom stereocenters. The third-order valence-electron chi connectivity index (χ3n) is 4.41. The van der Waals surface area contributed by atoms with Gasteiger partial charge in [0.05, 0.1) is 6.61 Å². The number of hydrogen-bond acceptors (Lipinski definition) is 7. The van der Waals surface area contributed by atoms with Crippen LogP contribution in [0.15, 0.2) is 47.6 Å². The van der Waals surface area contributed by atoms with Gasteiger partial charge in [0.1, 0.15) is 5.75 Å². The van der Waals surface area contributed by atoms with Crippen LogP contribution < -0.4 is 14.8 Å². The number of fused-ring (bicyclic) bond motifs is 3. The van der Waals surface area contributed by atoms with E-state index >= 15 is 0 Å². The fraction of sp³-hybridized carbons (Fsp3) is 0.286. The number of rotatable bonds is 5. The predicted octanol–water partition coefficient (Wildman–Crippen LogP) is 4.86. The normalized spacial score (nSPS) is 14.9. The number of aromatic nitrogens is 3. The summed E-state index contributed by atoms with van der Waals surface area (Å²) in [5, 5.41) is 12.7. The Morgan fingerprint density at radius 3 is 2.79 bits per heavy atom. The average Bonchev–Trinajstić information content (AvgIpc) is 2.86. The number of nitrogens with zero attached hydrogens (tertiary/aromatic N) is 3. The minimum absolute atomic E-state index is 0.395. The molecule has 2 heterocycles. The molecule has 1 aromatic heterocycles. The van der Waals surface area contributed by atoms with Gasteiger partial charge >= 0.3 is 0 Å². The van der Waals surface area contributed by atoms with Crippen LogP contribution in [0.5, 0.6) is 11.6 Å². The highest BCUT2D eigenvalue weighted by molar-refractivity contribution is 7.99. The Balaban J connectivity index is 1.77. The van der Waals surface area contributed by atoms with Gasteiger partial charge in [0.2, 0.25) is 11.0 Å². The molecule has 1 N–H and O–H groups in total. The summed E-state index contributed by atoms with van der Waals surface area (Å²) in [6.45, 7) is 6.71. The largest absolute Gasteiger partial charge is 0.494 e. The number of anilines is 1. The highest BCUT2D eigenvalue weighted by atomic mass is 32.2. The quantitative estimate of drug-likeness (QED) is 0.620. The summed E-state index contributed by atoms with van der Waals surface area (Å²) in [6, 6.07) is 14.0. The summed E-state index contributed by atoms with van der Waals surface area (Å²) in [5.41, 5.74) is 4.56. The van der Waals surface area contributed by atoms with E-state index in [9.17, 15) is 0 Å². The molecule has 6 nitrogen and oxygen atoms in total. The second-order valence-corrected chi connectivity index (χ2v) is 7.56. The van der Waals surface area contributed by atoms with Crippen LogP contribution in [-0.2, 0) is 0 Å². The Morgan fingerprint density at radius 2 is 2.00 bits per heavy atom. The third kappa shape index (κ3) is 3.62. The van der Waals surface area contributed by atoms with Crippen molar-refractivity contribution in [3.8, 4) is 22.9 Å². The first kappa shape index (κ1) is 18.6. The van der Waals surface area contributed by atoms with Gasteiger partial charge in [0.25, 0.3) is 0 Å². The molecule has 0 saturated heterocycles. The van der Waals surface area contributed by atoms with E-state index in [1.807, 2.05) is 50.2 Å². The zero-order valence-electron chi connectivity index (χ0n) is 16.1. The number of hydrogen-bond donors (Lipinski definition) is 1. The second kappa shape index (κ2) is 8.06. The Labute approximate surface area is 168 Å². The highest BCUT2D eigenvalue weighted by Crippen LogP contribution is 2.39. The van der Waals surface area contributed by atoms with Crippen molar-refractivity contribution < 1.29 is 9.47 Å². The van der Waals surface area contributed by atoms with E-state index in [1.54, 1.807) is 11.8 Å². The summed E-state index contributed by atoms with van der Waals surface area (Å²) in [4.78, 5) is 4.61. The van der Waals surface area contributed by atoms with Crippen molar-refractivity contribution in [3.05, 3.63) is 53.6 Å². The lowest BCUT2D eigenvalue weighted by Crippen LogP contribution is -2.17. The zero-order chi connectivity index (χ0) is 19.5. The lowest BCUT2D eigenvalue weighted by molar-refractivity contribution is 0.225. The van der Waals surface area contributed by atoms with Crippen molar-refractivity contribution >= 4 is 17.4 Å². The Kier molecular flexibility index (Phi) is 5.34. The summed E-state index contributed by atoms with van der Waals surface area (Å²) in [7, 11) is 0. The van der Waals surface area contributed by atoms with Crippen molar-refractivity contribution in [1.29, 1.82) is 0 Å². The Bertz CT molecular complexity index is 996. The van der Waals surface area contributed by atoms with E-state index < -0.39 is 6.23 Å². The molecule has 28 heavy (non-hydrogen) atoms. The molecular weight excluding hydrogens is 372 g/mol. The van der Waals surface area contributed by atoms with Crippen LogP contribution in [0.1, 0.15) is 31.2 Å². The van der Waals surface area contributed by atoms with Crippen LogP contribution >= 0.6 is 11.8 Å². The van der Waals surface area contributed by atoms with Crippen molar-refractivity contribution in [3.63, 3.8) is 0 Å². The minimum atomic E-state index is -0.395. The molecule has 2 aromatic carbocycles. The van der Waals surface area contributed by atoms with Gasteiger partial charge in [0, 0.05) is 16.8 Å². The molecule has 0 aliphatic carbocycles. The molecule has 0 amide bonds. The van der Waals surface area contributed by atoms with Crippen LogP contribution in [0.25, 0.3) is 11.3 Å². The maximum Gasteiger partial charge on any atom is 0.247 e. The fourth-order valence-corrected chi connectivity index (χ4v) is 3.65. The van der Waals surface area contributed by atoms with Crippen LogP contribution in [-0.4, -0.2) is 27.5 Å². The Morgan fingerprint density at radius 1 is 1.14 bits per heavy atom. The van der Waals surface area contributed by atoms with E-state index in [1.165, 1.54) is 0 Å². The van der Waals surface area contributed by atoms with Gasteiger partial charge in [-0.05, 0) is 49.4 Å². The van der Waals surface area contributed by atoms with Crippen molar-refractivity contribution in [2.75, 3.05) is 17.7 Å². The second-order valence-electron chi connectivity index (χ2n) is 6.33. The molecule has 0 saturated carbocycles. The first-order valence-corrected chi connectivity index (χ1v) is 10.3. The molecule has 1 aliphatic heterocycles. The van der Waals surface area contributed by atoms with Crippen molar-refractivity contribution in [1.82, 2.24) is 15.2 Å². The topological polar surface area (TPSA) is 69.2 Å². The number of nitrogens with one attached hydrogen (secondary N) is 1. The first-order chi connectivity index (χ1) is 13.7. The predicted molar refractivity (Wildman–Crippen MR) is 111 cm³/mol. The van der Waals surface area contributed by atoms with Crippen LogP contribution in [0.2, 0.25) is 0 Å². The van der Waals surface area contributed by atoms with E-state index in [2.05, 4.69) is 33.5 Å². The SMILES string of the molecule is CCOc1ccc([C@H]2Nc3ccccc3-c3nnc(SCC)nc3O2)cc1C. The molecule has 0 bridgehead atoms. The average molecular weight is 395 g/mol. The summed E-state index contributed by atoms with van der Waals surface area (Å²) in [6.07, 6.45) is -0.395. The van der Waals surface area contributed by atoms with E-state index in [4.69, 9.17) is 9.47 Å². The van der Waals surface area contributed by atoms with E-state index in [-0.39, 0.29) is 0 Å². The molecule has 1 aliphatic rings. The van der Waals surface area contributed by atoms with Gasteiger partial charge in [0.15, 0.2) is 11.9 Å². The molecule has 144 valence electrons. The molecule has 4 rings (SSSR count). The lowest BCUT2D eigenvalue weighted by Gasteiger charge is -2.20. The van der Waals surface area contributed by atoms with Crippen LogP contribution in [0, 0.1) is 6.92 Å². The van der Waals surface area contributed by atoms with Crippen molar-refractivity contribution in [2.45, 2.75) is 32.2 Å². The minimum Gasteiger partial charge on any atom is -0.494 e. The molecular formula is C21H22N4O2S. The number of benzene rings is 2. The van der Waals surface area contributed by atoms with E-state index in [0.29, 0.717) is 23.3 Å².